The van der Waals surface area contributed by atoms with Gasteiger partial charge in [0.25, 0.3) is 0 Å². The summed E-state index contributed by atoms with van der Waals surface area (Å²) in [5, 5.41) is 13.2. The molecule has 1 atom stereocenters. The Morgan fingerprint density at radius 3 is 2.28 bits per heavy atom. The lowest BCUT2D eigenvalue weighted by atomic mass is 9.95. The average Bonchev–Trinajstić information content (AvgIpc) is 2.70. The Bertz CT molecular complexity index is 536. The number of benzene rings is 1. The van der Waals surface area contributed by atoms with Gasteiger partial charge in [-0.1, -0.05) is 17.7 Å². The molecule has 2 aromatic rings. The number of aliphatic hydroxyl groups excluding tert-OH is 1. The monoisotopic (exact) mass is 261 g/mol. The zero-order valence-corrected chi connectivity index (χ0v) is 12.1. The molecule has 0 aliphatic carbocycles. The Balaban J connectivity index is 2.24. The summed E-state index contributed by atoms with van der Waals surface area (Å²) in [5.74, 6) is 0. The van der Waals surface area contributed by atoms with Crippen molar-refractivity contribution in [1.29, 1.82) is 0 Å². The first kappa shape index (κ1) is 13.2. The zero-order chi connectivity index (χ0) is 13.3. The molecule has 1 aromatic carbocycles. The summed E-state index contributed by atoms with van der Waals surface area (Å²) >= 11 is 1.58. The third kappa shape index (κ3) is 2.79. The Labute approximate surface area is 112 Å². The first-order chi connectivity index (χ1) is 8.47. The summed E-state index contributed by atoms with van der Waals surface area (Å²) in [6.07, 6.45) is 0.135. The number of hydrogen-bond donors (Lipinski definition) is 1. The van der Waals surface area contributed by atoms with E-state index < -0.39 is 6.10 Å². The summed E-state index contributed by atoms with van der Waals surface area (Å²) in [4.78, 5) is 4.35. The third-order valence-electron chi connectivity index (χ3n) is 3.22. The van der Waals surface area contributed by atoms with Crippen molar-refractivity contribution in [2.24, 2.45) is 0 Å². The van der Waals surface area contributed by atoms with Crippen LogP contribution in [0.1, 0.15) is 39.1 Å². The van der Waals surface area contributed by atoms with E-state index in [1.54, 1.807) is 11.3 Å². The maximum atomic E-state index is 10.2. The van der Waals surface area contributed by atoms with Crippen molar-refractivity contribution in [3.63, 3.8) is 0 Å². The molecule has 2 rings (SSSR count). The van der Waals surface area contributed by atoms with E-state index in [9.17, 15) is 5.11 Å². The topological polar surface area (TPSA) is 33.1 Å². The highest BCUT2D eigenvalue weighted by Gasteiger charge is 2.14. The molecule has 0 saturated heterocycles. The predicted octanol–water partition coefficient (Wildman–Crippen LogP) is 3.65. The summed E-state index contributed by atoms with van der Waals surface area (Å²) in [5.41, 5.74) is 5.79. The average molecular weight is 261 g/mol. The predicted molar refractivity (Wildman–Crippen MR) is 76.2 cm³/mol. The minimum atomic E-state index is -0.505. The maximum absolute atomic E-state index is 10.2. The van der Waals surface area contributed by atoms with Crippen molar-refractivity contribution in [2.45, 2.75) is 40.2 Å². The molecule has 0 spiro atoms. The van der Waals surface area contributed by atoms with Crippen molar-refractivity contribution in [2.75, 3.05) is 0 Å². The number of thiazole rings is 1. The van der Waals surface area contributed by atoms with Crippen LogP contribution in [0.5, 0.6) is 0 Å². The molecule has 1 N–H and O–H groups in total. The van der Waals surface area contributed by atoms with Crippen LogP contribution in [-0.2, 0) is 6.42 Å². The van der Waals surface area contributed by atoms with E-state index in [-0.39, 0.29) is 0 Å². The maximum Gasteiger partial charge on any atom is 0.101 e. The van der Waals surface area contributed by atoms with Gasteiger partial charge in [0.05, 0.1) is 10.7 Å². The van der Waals surface area contributed by atoms with Crippen molar-refractivity contribution < 1.29 is 5.11 Å². The molecule has 0 aliphatic heterocycles. The van der Waals surface area contributed by atoms with Gasteiger partial charge in [0.1, 0.15) is 6.10 Å². The van der Waals surface area contributed by atoms with Crippen molar-refractivity contribution in [3.05, 3.63) is 50.5 Å². The van der Waals surface area contributed by atoms with Crippen molar-refractivity contribution >= 4 is 11.3 Å². The minimum Gasteiger partial charge on any atom is -0.386 e. The van der Waals surface area contributed by atoms with Gasteiger partial charge in [0.2, 0.25) is 0 Å². The Morgan fingerprint density at radius 1 is 1.17 bits per heavy atom. The fourth-order valence-electron chi connectivity index (χ4n) is 2.36. The van der Waals surface area contributed by atoms with E-state index >= 15 is 0 Å². The summed E-state index contributed by atoms with van der Waals surface area (Å²) in [7, 11) is 0. The van der Waals surface area contributed by atoms with E-state index in [2.05, 4.69) is 37.9 Å². The zero-order valence-electron chi connectivity index (χ0n) is 11.3. The molecular weight excluding hydrogens is 242 g/mol. The minimum absolute atomic E-state index is 0.505. The van der Waals surface area contributed by atoms with Gasteiger partial charge in [-0.05, 0) is 44.4 Å². The molecule has 0 fully saturated rings. The summed E-state index contributed by atoms with van der Waals surface area (Å²) < 4.78 is 0. The standard InChI is InChI=1S/C15H19NOS/c1-9-5-10(2)13(11(3)6-9)7-15(17)14-8-18-12(4)16-14/h5-6,8,15,17H,7H2,1-4H3. The van der Waals surface area contributed by atoms with Crippen LogP contribution in [0.25, 0.3) is 0 Å². The van der Waals surface area contributed by atoms with E-state index in [0.29, 0.717) is 6.42 Å². The molecule has 96 valence electrons. The highest BCUT2D eigenvalue weighted by Crippen LogP contribution is 2.24. The number of nitrogens with zero attached hydrogens (tertiary/aromatic N) is 1. The molecule has 3 heteroatoms. The fourth-order valence-corrected chi connectivity index (χ4v) is 3.02. The van der Waals surface area contributed by atoms with Gasteiger partial charge in [-0.3, -0.25) is 0 Å². The van der Waals surface area contributed by atoms with Crippen LogP contribution in [0.3, 0.4) is 0 Å². The largest absolute Gasteiger partial charge is 0.386 e. The van der Waals surface area contributed by atoms with E-state index in [4.69, 9.17) is 0 Å². The number of aryl methyl sites for hydroxylation is 4. The molecule has 0 bridgehead atoms. The van der Waals surface area contributed by atoms with Crippen LogP contribution in [0.4, 0.5) is 0 Å². The molecular formula is C15H19NOS. The van der Waals surface area contributed by atoms with Gasteiger partial charge in [0.15, 0.2) is 0 Å². The SMILES string of the molecule is Cc1cc(C)c(CC(O)c2csc(C)n2)c(C)c1. The number of rotatable bonds is 3. The van der Waals surface area contributed by atoms with Gasteiger partial charge in [-0.25, -0.2) is 4.98 Å². The smallest absolute Gasteiger partial charge is 0.101 e. The van der Waals surface area contributed by atoms with Gasteiger partial charge in [-0.2, -0.15) is 0 Å². The lowest BCUT2D eigenvalue weighted by Gasteiger charge is -2.14. The Kier molecular flexibility index (Phi) is 3.83. The van der Waals surface area contributed by atoms with Gasteiger partial charge < -0.3 is 5.11 Å². The number of hydrogen-bond acceptors (Lipinski definition) is 3. The van der Waals surface area contributed by atoms with Crippen LogP contribution >= 0.6 is 11.3 Å². The molecule has 1 heterocycles. The second-order valence-electron chi connectivity index (χ2n) is 4.89. The normalized spacial score (nSPS) is 12.7. The lowest BCUT2D eigenvalue weighted by Crippen LogP contribution is -2.05. The molecule has 1 unspecified atom stereocenters. The highest BCUT2D eigenvalue weighted by atomic mass is 32.1. The molecule has 0 radical (unpaired) electrons. The molecule has 1 aromatic heterocycles. The quantitative estimate of drug-likeness (QED) is 0.914. The molecule has 0 amide bonds. The first-order valence-electron chi connectivity index (χ1n) is 6.14. The molecule has 0 saturated carbocycles. The second kappa shape index (κ2) is 5.21. The van der Waals surface area contributed by atoms with Crippen LogP contribution in [0, 0.1) is 27.7 Å². The Morgan fingerprint density at radius 2 is 1.78 bits per heavy atom. The van der Waals surface area contributed by atoms with Crippen LogP contribution in [0.2, 0.25) is 0 Å². The van der Waals surface area contributed by atoms with E-state index in [1.807, 2.05) is 12.3 Å². The Hall–Kier alpha value is -1.19. The highest BCUT2D eigenvalue weighted by molar-refractivity contribution is 7.09. The van der Waals surface area contributed by atoms with Gasteiger partial charge >= 0.3 is 0 Å². The van der Waals surface area contributed by atoms with Crippen LogP contribution < -0.4 is 0 Å². The van der Waals surface area contributed by atoms with Gasteiger partial charge in [-0.15, -0.1) is 11.3 Å². The first-order valence-corrected chi connectivity index (χ1v) is 7.02. The molecule has 0 aliphatic rings. The van der Waals surface area contributed by atoms with Crippen LogP contribution in [-0.4, -0.2) is 10.1 Å². The second-order valence-corrected chi connectivity index (χ2v) is 5.95. The van der Waals surface area contributed by atoms with E-state index in [0.717, 1.165) is 10.7 Å². The lowest BCUT2D eigenvalue weighted by molar-refractivity contribution is 0.174. The number of aromatic nitrogens is 1. The third-order valence-corrected chi connectivity index (χ3v) is 4.01. The van der Waals surface area contributed by atoms with Crippen molar-refractivity contribution in [1.82, 2.24) is 4.98 Å². The number of aliphatic hydroxyl groups is 1. The van der Waals surface area contributed by atoms with Crippen molar-refractivity contribution in [3.8, 4) is 0 Å². The van der Waals surface area contributed by atoms with E-state index in [1.165, 1.54) is 22.3 Å². The summed E-state index contributed by atoms with van der Waals surface area (Å²) in [6, 6.07) is 4.34. The summed E-state index contributed by atoms with van der Waals surface area (Å²) in [6.45, 7) is 8.27. The molecule has 18 heavy (non-hydrogen) atoms. The van der Waals surface area contributed by atoms with Crippen LogP contribution in [0.15, 0.2) is 17.5 Å². The molecule has 2 nitrogen and oxygen atoms in total. The van der Waals surface area contributed by atoms with Gasteiger partial charge in [0, 0.05) is 11.8 Å². The fraction of sp³-hybridized carbons (Fsp3) is 0.400.